The van der Waals surface area contributed by atoms with Gasteiger partial charge in [0.1, 0.15) is 11.2 Å². The molecule has 0 unspecified atom stereocenters. The van der Waals surface area contributed by atoms with Gasteiger partial charge in [-0.25, -0.2) is 4.98 Å². The van der Waals surface area contributed by atoms with Crippen LogP contribution in [-0.4, -0.2) is 20.1 Å². The zero-order chi connectivity index (χ0) is 16.9. The lowest BCUT2D eigenvalue weighted by atomic mass is 10.2. The first-order chi connectivity index (χ1) is 11.6. The minimum Gasteiger partial charge on any atom is -0.356 e. The van der Waals surface area contributed by atoms with Gasteiger partial charge in [-0.1, -0.05) is 41.7 Å². The van der Waals surface area contributed by atoms with Crippen LogP contribution in [0.5, 0.6) is 0 Å². The third kappa shape index (κ3) is 4.06. The Morgan fingerprint density at radius 2 is 2.08 bits per heavy atom. The maximum atomic E-state index is 10.7. The van der Waals surface area contributed by atoms with Crippen molar-refractivity contribution in [3.05, 3.63) is 63.8 Å². The molecule has 2 heterocycles. The molecule has 0 aliphatic rings. The Hall–Kier alpha value is -2.52. The van der Waals surface area contributed by atoms with E-state index in [1.54, 1.807) is 6.92 Å². The van der Waals surface area contributed by atoms with Gasteiger partial charge in [-0.3, -0.25) is 10.1 Å². The number of pyridine rings is 1. The summed E-state index contributed by atoms with van der Waals surface area (Å²) in [5.74, 6) is 0. The number of rotatable bonds is 6. The molecule has 0 aliphatic carbocycles. The number of anilines is 1. The highest BCUT2D eigenvalue weighted by molar-refractivity contribution is 8.01. The number of nitro groups is 1. The summed E-state index contributed by atoms with van der Waals surface area (Å²) in [5.41, 5.74) is 1.89. The highest BCUT2D eigenvalue weighted by Gasteiger charge is 2.13. The van der Waals surface area contributed by atoms with Gasteiger partial charge in [0, 0.05) is 12.6 Å². The molecule has 9 heteroatoms. The molecule has 1 N–H and O–H groups in total. The van der Waals surface area contributed by atoms with Crippen LogP contribution in [0.15, 0.2) is 52.0 Å². The normalized spacial score (nSPS) is 10.5. The standard InChI is InChI=1S/C15H13N5O2S2/c1-10-7-12(20(21)22)9-16-13(10)23-15-19-18-14(24-15)17-8-11-5-3-2-4-6-11/h2-7,9H,8H2,1H3,(H,17,18). The molecule has 0 bridgehead atoms. The molecule has 2 aromatic heterocycles. The van der Waals surface area contributed by atoms with Crippen molar-refractivity contribution in [3.8, 4) is 0 Å². The van der Waals surface area contributed by atoms with Crippen LogP contribution in [0.4, 0.5) is 10.8 Å². The summed E-state index contributed by atoms with van der Waals surface area (Å²) in [4.78, 5) is 14.4. The van der Waals surface area contributed by atoms with E-state index >= 15 is 0 Å². The molecule has 0 saturated heterocycles. The quantitative estimate of drug-likeness (QED) is 0.526. The van der Waals surface area contributed by atoms with Gasteiger partial charge in [0.25, 0.3) is 5.69 Å². The van der Waals surface area contributed by atoms with Crippen molar-refractivity contribution in [3.63, 3.8) is 0 Å². The molecule has 1 aromatic carbocycles. The maximum absolute atomic E-state index is 10.7. The van der Waals surface area contributed by atoms with Gasteiger partial charge in [-0.05, 0) is 29.8 Å². The van der Waals surface area contributed by atoms with E-state index in [9.17, 15) is 10.1 Å². The van der Waals surface area contributed by atoms with E-state index in [-0.39, 0.29) is 5.69 Å². The Morgan fingerprint density at radius 1 is 1.29 bits per heavy atom. The first-order valence-corrected chi connectivity index (χ1v) is 8.65. The molecule has 3 aromatic rings. The summed E-state index contributed by atoms with van der Waals surface area (Å²) in [5, 5.41) is 23.6. The zero-order valence-corrected chi connectivity index (χ0v) is 14.3. The van der Waals surface area contributed by atoms with Gasteiger partial charge >= 0.3 is 0 Å². The minimum absolute atomic E-state index is 0.0145. The van der Waals surface area contributed by atoms with Crippen LogP contribution in [-0.2, 0) is 6.54 Å². The van der Waals surface area contributed by atoms with E-state index in [0.717, 1.165) is 20.6 Å². The monoisotopic (exact) mass is 359 g/mol. The molecule has 3 rings (SSSR count). The number of hydrogen-bond acceptors (Lipinski definition) is 8. The van der Waals surface area contributed by atoms with Crippen molar-refractivity contribution in [2.24, 2.45) is 0 Å². The fraction of sp³-hybridized carbons (Fsp3) is 0.133. The molecular weight excluding hydrogens is 346 g/mol. The number of aromatic nitrogens is 3. The first kappa shape index (κ1) is 16.3. The van der Waals surface area contributed by atoms with Crippen LogP contribution in [0.2, 0.25) is 0 Å². The lowest BCUT2D eigenvalue weighted by molar-refractivity contribution is -0.385. The molecule has 0 atom stereocenters. The molecule has 0 aliphatic heterocycles. The van der Waals surface area contributed by atoms with Gasteiger partial charge in [0.2, 0.25) is 5.13 Å². The van der Waals surface area contributed by atoms with Crippen molar-refractivity contribution in [2.45, 2.75) is 22.8 Å². The summed E-state index contributed by atoms with van der Waals surface area (Å²) >= 11 is 2.77. The lowest BCUT2D eigenvalue weighted by Crippen LogP contribution is -1.98. The Bertz CT molecular complexity index is 854. The smallest absolute Gasteiger partial charge is 0.287 e. The fourth-order valence-electron chi connectivity index (χ4n) is 1.93. The zero-order valence-electron chi connectivity index (χ0n) is 12.7. The minimum atomic E-state index is -0.453. The molecule has 0 amide bonds. The summed E-state index contributed by atoms with van der Waals surface area (Å²) in [6, 6.07) is 11.5. The van der Waals surface area contributed by atoms with Crippen LogP contribution in [0.3, 0.4) is 0 Å². The molecule has 7 nitrogen and oxygen atoms in total. The predicted octanol–water partition coefficient (Wildman–Crippen LogP) is 3.91. The van der Waals surface area contributed by atoms with E-state index < -0.39 is 4.92 Å². The summed E-state index contributed by atoms with van der Waals surface area (Å²) in [7, 11) is 0. The number of hydrogen-bond donors (Lipinski definition) is 1. The van der Waals surface area contributed by atoms with Crippen LogP contribution in [0.25, 0.3) is 0 Å². The van der Waals surface area contributed by atoms with Crippen LogP contribution < -0.4 is 5.32 Å². The molecule has 122 valence electrons. The van der Waals surface area contributed by atoms with Crippen molar-refractivity contribution >= 4 is 33.9 Å². The lowest BCUT2D eigenvalue weighted by Gasteiger charge is -2.01. The predicted molar refractivity (Wildman–Crippen MR) is 93.4 cm³/mol. The molecule has 0 radical (unpaired) electrons. The number of nitrogens with zero attached hydrogens (tertiary/aromatic N) is 4. The summed E-state index contributed by atoms with van der Waals surface area (Å²) < 4.78 is 0.731. The van der Waals surface area contributed by atoms with Crippen molar-refractivity contribution in [1.82, 2.24) is 15.2 Å². The van der Waals surface area contributed by atoms with Crippen molar-refractivity contribution in [2.75, 3.05) is 5.32 Å². The Balaban J connectivity index is 1.65. The summed E-state index contributed by atoms with van der Waals surface area (Å²) in [6.45, 7) is 2.47. The second-order valence-corrected chi connectivity index (χ2v) is 7.10. The van der Waals surface area contributed by atoms with E-state index in [4.69, 9.17) is 0 Å². The van der Waals surface area contributed by atoms with E-state index in [1.165, 1.54) is 35.4 Å². The number of nitrogens with one attached hydrogen (secondary N) is 1. The molecule has 24 heavy (non-hydrogen) atoms. The SMILES string of the molecule is Cc1cc([N+](=O)[O-])cnc1Sc1nnc(NCc2ccccc2)s1. The number of benzene rings is 1. The molecule has 0 saturated carbocycles. The van der Waals surface area contributed by atoms with Crippen molar-refractivity contribution < 1.29 is 4.92 Å². The van der Waals surface area contributed by atoms with Crippen LogP contribution in [0.1, 0.15) is 11.1 Å². The third-order valence-corrected chi connectivity index (χ3v) is 5.16. The second kappa shape index (κ2) is 7.37. The van der Waals surface area contributed by atoms with Crippen molar-refractivity contribution in [1.29, 1.82) is 0 Å². The maximum Gasteiger partial charge on any atom is 0.287 e. The molecule has 0 spiro atoms. The topological polar surface area (TPSA) is 93.8 Å². The Kier molecular flexibility index (Phi) is 5.02. The van der Waals surface area contributed by atoms with Gasteiger partial charge in [-0.2, -0.15) is 0 Å². The highest BCUT2D eigenvalue weighted by atomic mass is 32.2. The highest BCUT2D eigenvalue weighted by Crippen LogP contribution is 2.33. The van der Waals surface area contributed by atoms with Crippen LogP contribution >= 0.6 is 23.1 Å². The average Bonchev–Trinajstić information content (AvgIpc) is 3.03. The van der Waals surface area contributed by atoms with Gasteiger partial charge in [-0.15, -0.1) is 10.2 Å². The Morgan fingerprint density at radius 3 is 2.79 bits per heavy atom. The molecular formula is C15H13N5O2S2. The summed E-state index contributed by atoms with van der Waals surface area (Å²) in [6.07, 6.45) is 1.25. The average molecular weight is 359 g/mol. The van der Waals surface area contributed by atoms with E-state index in [1.807, 2.05) is 30.3 Å². The Labute approximate surface area is 146 Å². The van der Waals surface area contributed by atoms with Crippen LogP contribution in [0, 0.1) is 17.0 Å². The molecule has 0 fully saturated rings. The van der Waals surface area contributed by atoms with Gasteiger partial charge in [0.05, 0.1) is 4.92 Å². The fourth-order valence-corrected chi connectivity index (χ4v) is 3.62. The van der Waals surface area contributed by atoms with E-state index in [0.29, 0.717) is 11.6 Å². The van der Waals surface area contributed by atoms with E-state index in [2.05, 4.69) is 20.5 Å². The third-order valence-electron chi connectivity index (χ3n) is 3.10. The largest absolute Gasteiger partial charge is 0.356 e. The first-order valence-electron chi connectivity index (χ1n) is 7.02. The van der Waals surface area contributed by atoms with Gasteiger partial charge < -0.3 is 5.32 Å². The number of aryl methyl sites for hydroxylation is 1. The second-order valence-electron chi connectivity index (χ2n) is 4.89. The van der Waals surface area contributed by atoms with Gasteiger partial charge in [0.15, 0.2) is 4.34 Å².